The second kappa shape index (κ2) is 5.18. The Hall–Kier alpha value is -1.60. The van der Waals surface area contributed by atoms with Crippen LogP contribution in [0.4, 0.5) is 15.8 Å². The number of nitrogens with one attached hydrogen (secondary N) is 1. The quantitative estimate of drug-likeness (QED) is 0.840. The molecule has 0 saturated heterocycles. The van der Waals surface area contributed by atoms with Crippen LogP contribution in [-0.4, -0.2) is 8.42 Å². The van der Waals surface area contributed by atoms with Gasteiger partial charge in [-0.05, 0) is 42.5 Å². The van der Waals surface area contributed by atoms with Crippen LogP contribution in [0.3, 0.4) is 0 Å². The van der Waals surface area contributed by atoms with Crippen LogP contribution >= 0.6 is 15.9 Å². The predicted octanol–water partition coefficient (Wildman–Crippen LogP) is 2.97. The zero-order valence-electron chi connectivity index (χ0n) is 9.60. The van der Waals surface area contributed by atoms with Crippen LogP contribution in [0.1, 0.15) is 0 Å². The van der Waals surface area contributed by atoms with Gasteiger partial charge < -0.3 is 5.73 Å². The monoisotopic (exact) mass is 344 g/mol. The highest BCUT2D eigenvalue weighted by Gasteiger charge is 2.14. The maximum absolute atomic E-state index is 13.1. The lowest BCUT2D eigenvalue weighted by Gasteiger charge is -2.09. The van der Waals surface area contributed by atoms with Crippen molar-refractivity contribution >= 4 is 37.3 Å². The Morgan fingerprint density at radius 2 is 1.74 bits per heavy atom. The minimum absolute atomic E-state index is 0.0820. The summed E-state index contributed by atoms with van der Waals surface area (Å²) in [6.45, 7) is 0. The molecule has 100 valence electrons. The van der Waals surface area contributed by atoms with E-state index in [1.165, 1.54) is 18.2 Å². The van der Waals surface area contributed by atoms with Crippen molar-refractivity contribution in [1.29, 1.82) is 0 Å². The topological polar surface area (TPSA) is 72.2 Å². The van der Waals surface area contributed by atoms with Gasteiger partial charge in [-0.3, -0.25) is 4.72 Å². The van der Waals surface area contributed by atoms with Crippen molar-refractivity contribution in [2.45, 2.75) is 4.90 Å². The maximum atomic E-state index is 13.1. The number of hydrogen-bond donors (Lipinski definition) is 2. The fraction of sp³-hybridized carbons (Fsp3) is 0. The molecule has 0 bridgehead atoms. The Morgan fingerprint density at radius 3 is 2.32 bits per heavy atom. The Balaban J connectivity index is 2.33. The van der Waals surface area contributed by atoms with E-state index in [-0.39, 0.29) is 16.3 Å². The summed E-state index contributed by atoms with van der Waals surface area (Å²) in [5, 5.41) is 0. The van der Waals surface area contributed by atoms with Crippen LogP contribution in [0.5, 0.6) is 0 Å². The number of halogens is 2. The number of rotatable bonds is 3. The SMILES string of the molecule is Nc1cc(F)cc(NS(=O)(=O)c2ccc(Br)cc2)c1. The van der Waals surface area contributed by atoms with Crippen molar-refractivity contribution in [1.82, 2.24) is 0 Å². The van der Waals surface area contributed by atoms with Gasteiger partial charge in [0.15, 0.2) is 0 Å². The Bertz CT molecular complexity index is 682. The van der Waals surface area contributed by atoms with E-state index < -0.39 is 15.8 Å². The highest BCUT2D eigenvalue weighted by molar-refractivity contribution is 9.10. The van der Waals surface area contributed by atoms with Gasteiger partial charge >= 0.3 is 0 Å². The molecule has 0 atom stereocenters. The molecule has 4 nitrogen and oxygen atoms in total. The molecule has 0 aliphatic heterocycles. The van der Waals surface area contributed by atoms with Gasteiger partial charge in [-0.25, -0.2) is 12.8 Å². The molecule has 3 N–H and O–H groups in total. The standard InChI is InChI=1S/C12H10BrFN2O2S/c13-8-1-3-12(4-2-8)19(17,18)16-11-6-9(14)5-10(15)7-11/h1-7,16H,15H2. The fourth-order valence-electron chi connectivity index (χ4n) is 1.50. The lowest BCUT2D eigenvalue weighted by atomic mass is 10.3. The molecule has 0 heterocycles. The molecule has 7 heteroatoms. The molecule has 0 aromatic heterocycles. The molecular weight excluding hydrogens is 335 g/mol. The van der Waals surface area contributed by atoms with E-state index in [4.69, 9.17) is 5.73 Å². The van der Waals surface area contributed by atoms with Gasteiger partial charge in [-0.15, -0.1) is 0 Å². The van der Waals surface area contributed by atoms with Gasteiger partial charge in [-0.1, -0.05) is 15.9 Å². The maximum Gasteiger partial charge on any atom is 0.261 e. The molecule has 0 aliphatic carbocycles. The third-order valence-corrected chi connectivity index (χ3v) is 4.22. The van der Waals surface area contributed by atoms with E-state index in [9.17, 15) is 12.8 Å². The van der Waals surface area contributed by atoms with Gasteiger partial charge in [0.2, 0.25) is 0 Å². The summed E-state index contributed by atoms with van der Waals surface area (Å²) in [5.41, 5.74) is 5.69. The number of benzene rings is 2. The first-order chi connectivity index (χ1) is 8.87. The molecule has 0 aliphatic rings. The summed E-state index contributed by atoms with van der Waals surface area (Å²) >= 11 is 3.22. The van der Waals surface area contributed by atoms with Crippen LogP contribution in [0.2, 0.25) is 0 Å². The molecule has 2 rings (SSSR count). The summed E-state index contributed by atoms with van der Waals surface area (Å²) in [4.78, 5) is 0.0820. The van der Waals surface area contributed by atoms with Crippen LogP contribution < -0.4 is 10.5 Å². The van der Waals surface area contributed by atoms with Gasteiger partial charge in [0, 0.05) is 10.2 Å². The summed E-state index contributed by atoms with van der Waals surface area (Å²) in [6.07, 6.45) is 0. The highest BCUT2D eigenvalue weighted by Crippen LogP contribution is 2.21. The smallest absolute Gasteiger partial charge is 0.261 e. The average molecular weight is 345 g/mol. The number of sulfonamides is 1. The fourth-order valence-corrected chi connectivity index (χ4v) is 2.80. The number of nitrogens with two attached hydrogens (primary N) is 1. The van der Waals surface area contributed by atoms with Crippen LogP contribution in [0, 0.1) is 5.82 Å². The molecule has 2 aromatic carbocycles. The second-order valence-corrected chi connectivity index (χ2v) is 6.43. The summed E-state index contributed by atoms with van der Waals surface area (Å²) in [7, 11) is -3.76. The van der Waals surface area contributed by atoms with Gasteiger partial charge in [0.1, 0.15) is 5.82 Å². The summed E-state index contributed by atoms with van der Waals surface area (Å²) < 4.78 is 40.3. The zero-order valence-corrected chi connectivity index (χ0v) is 12.0. The molecule has 2 aromatic rings. The normalized spacial score (nSPS) is 11.3. The summed E-state index contributed by atoms with van der Waals surface area (Å²) in [6, 6.07) is 9.61. The first-order valence-electron chi connectivity index (χ1n) is 5.21. The van der Waals surface area contributed by atoms with Crippen LogP contribution in [-0.2, 0) is 10.0 Å². The molecule has 19 heavy (non-hydrogen) atoms. The first kappa shape index (κ1) is 13.8. The minimum Gasteiger partial charge on any atom is -0.399 e. The Kier molecular flexibility index (Phi) is 3.77. The molecule has 0 radical (unpaired) electrons. The van der Waals surface area contributed by atoms with E-state index in [0.717, 1.165) is 16.6 Å². The zero-order chi connectivity index (χ0) is 14.0. The molecule has 0 spiro atoms. The van der Waals surface area contributed by atoms with Crippen molar-refractivity contribution in [3.05, 3.63) is 52.8 Å². The van der Waals surface area contributed by atoms with E-state index in [0.29, 0.717) is 0 Å². The highest BCUT2D eigenvalue weighted by atomic mass is 79.9. The Labute approximate surface area is 118 Å². The van der Waals surface area contributed by atoms with Crippen molar-refractivity contribution < 1.29 is 12.8 Å². The minimum atomic E-state index is -3.76. The van der Waals surface area contributed by atoms with Crippen molar-refractivity contribution in [3.63, 3.8) is 0 Å². The third-order valence-electron chi connectivity index (χ3n) is 2.30. The lowest BCUT2D eigenvalue weighted by Crippen LogP contribution is -2.13. The van der Waals surface area contributed by atoms with E-state index >= 15 is 0 Å². The first-order valence-corrected chi connectivity index (χ1v) is 7.49. The second-order valence-electron chi connectivity index (χ2n) is 3.83. The van der Waals surface area contributed by atoms with Crippen LogP contribution in [0.25, 0.3) is 0 Å². The molecule has 0 amide bonds. The van der Waals surface area contributed by atoms with Crippen LogP contribution in [0.15, 0.2) is 51.8 Å². The van der Waals surface area contributed by atoms with Gasteiger partial charge in [-0.2, -0.15) is 0 Å². The molecule has 0 fully saturated rings. The number of anilines is 2. The van der Waals surface area contributed by atoms with Crippen molar-refractivity contribution in [2.24, 2.45) is 0 Å². The van der Waals surface area contributed by atoms with Gasteiger partial charge in [0.05, 0.1) is 10.6 Å². The largest absolute Gasteiger partial charge is 0.399 e. The van der Waals surface area contributed by atoms with E-state index in [1.807, 2.05) is 0 Å². The molecular formula is C12H10BrFN2O2S. The predicted molar refractivity (Wildman–Crippen MR) is 75.8 cm³/mol. The van der Waals surface area contributed by atoms with Crippen molar-refractivity contribution in [2.75, 3.05) is 10.5 Å². The average Bonchev–Trinajstić information content (AvgIpc) is 2.27. The van der Waals surface area contributed by atoms with Crippen molar-refractivity contribution in [3.8, 4) is 0 Å². The lowest BCUT2D eigenvalue weighted by molar-refractivity contribution is 0.601. The summed E-state index contributed by atoms with van der Waals surface area (Å²) in [5.74, 6) is -0.603. The number of nitrogen functional groups attached to an aromatic ring is 1. The molecule has 0 saturated carbocycles. The van der Waals surface area contributed by atoms with Gasteiger partial charge in [0.25, 0.3) is 10.0 Å². The number of hydrogen-bond acceptors (Lipinski definition) is 3. The Morgan fingerprint density at radius 1 is 1.11 bits per heavy atom. The third kappa shape index (κ3) is 3.45. The van der Waals surface area contributed by atoms with E-state index in [1.54, 1.807) is 12.1 Å². The van der Waals surface area contributed by atoms with E-state index in [2.05, 4.69) is 20.7 Å². The molecule has 0 unspecified atom stereocenters.